The molecule has 1 atom stereocenters. The Morgan fingerprint density at radius 2 is 2.15 bits per heavy atom. The summed E-state index contributed by atoms with van der Waals surface area (Å²) in [4.78, 5) is 2.38. The van der Waals surface area contributed by atoms with Gasteiger partial charge in [-0.25, -0.2) is 0 Å². The van der Waals surface area contributed by atoms with Crippen molar-refractivity contribution in [1.82, 2.24) is 13.6 Å². The first-order valence-corrected chi connectivity index (χ1v) is 9.38. The molecule has 0 amide bonds. The topological polar surface area (TPSA) is 29.0 Å². The minimum absolute atomic E-state index is 0.330. The van der Waals surface area contributed by atoms with Crippen LogP contribution >= 0.6 is 23.5 Å². The van der Waals surface area contributed by atoms with Gasteiger partial charge in [0, 0.05) is 12.3 Å². The van der Waals surface area contributed by atoms with Crippen molar-refractivity contribution in [2.75, 3.05) is 19.3 Å². The highest BCUT2D eigenvalue weighted by atomic mass is 32.2. The van der Waals surface area contributed by atoms with Crippen molar-refractivity contribution in [3.05, 3.63) is 17.8 Å². The van der Waals surface area contributed by atoms with E-state index in [1.807, 2.05) is 11.8 Å². The van der Waals surface area contributed by atoms with E-state index < -0.39 is 0 Å². The summed E-state index contributed by atoms with van der Waals surface area (Å²) < 4.78 is 9.11. The first-order valence-electron chi connectivity index (χ1n) is 7.67. The highest BCUT2D eigenvalue weighted by Crippen LogP contribution is 2.34. The van der Waals surface area contributed by atoms with Crippen LogP contribution in [0.3, 0.4) is 0 Å². The lowest BCUT2D eigenvalue weighted by Gasteiger charge is -2.27. The molecule has 3 rings (SSSR count). The molecule has 1 fully saturated rings. The van der Waals surface area contributed by atoms with E-state index in [1.54, 1.807) is 0 Å². The van der Waals surface area contributed by atoms with Crippen LogP contribution in [0.4, 0.5) is 0 Å². The van der Waals surface area contributed by atoms with E-state index in [9.17, 15) is 0 Å². The van der Waals surface area contributed by atoms with Crippen molar-refractivity contribution < 1.29 is 0 Å². The maximum Gasteiger partial charge on any atom is 0.135 e. The SMILES string of the molecule is CN1CCC=CC1c1nsnc1SCC1CCCCC1. The molecule has 0 spiro atoms. The molecule has 5 heteroatoms. The molecule has 0 N–H and O–H groups in total. The summed E-state index contributed by atoms with van der Waals surface area (Å²) in [6.45, 7) is 1.12. The second-order valence-electron chi connectivity index (χ2n) is 5.91. The van der Waals surface area contributed by atoms with Gasteiger partial charge in [0.05, 0.1) is 17.8 Å². The maximum absolute atomic E-state index is 4.57. The van der Waals surface area contributed by atoms with Gasteiger partial charge in [0.2, 0.25) is 0 Å². The summed E-state index contributed by atoms with van der Waals surface area (Å²) in [5.74, 6) is 2.11. The highest BCUT2D eigenvalue weighted by molar-refractivity contribution is 7.99. The Kier molecular flexibility index (Phi) is 5.13. The van der Waals surface area contributed by atoms with Crippen LogP contribution in [-0.4, -0.2) is 33.0 Å². The van der Waals surface area contributed by atoms with Gasteiger partial charge in [0.1, 0.15) is 10.7 Å². The van der Waals surface area contributed by atoms with Crippen LogP contribution in [0.2, 0.25) is 0 Å². The first kappa shape index (κ1) is 14.5. The third-order valence-corrected chi connectivity index (χ3v) is 6.25. The van der Waals surface area contributed by atoms with Crippen LogP contribution < -0.4 is 0 Å². The van der Waals surface area contributed by atoms with Crippen LogP contribution in [0.25, 0.3) is 0 Å². The number of thioether (sulfide) groups is 1. The van der Waals surface area contributed by atoms with Crippen LogP contribution in [0, 0.1) is 5.92 Å². The highest BCUT2D eigenvalue weighted by Gasteiger charge is 2.24. The molecule has 2 aliphatic rings. The van der Waals surface area contributed by atoms with Crippen molar-refractivity contribution in [3.8, 4) is 0 Å². The van der Waals surface area contributed by atoms with Gasteiger partial charge in [-0.05, 0) is 32.2 Å². The summed E-state index contributed by atoms with van der Waals surface area (Å²) in [6.07, 6.45) is 12.8. The predicted molar refractivity (Wildman–Crippen MR) is 86.3 cm³/mol. The van der Waals surface area contributed by atoms with Crippen LogP contribution in [0.5, 0.6) is 0 Å². The van der Waals surface area contributed by atoms with Crippen molar-refractivity contribution in [2.45, 2.75) is 49.6 Å². The number of nitrogens with zero attached hydrogens (tertiary/aromatic N) is 3. The summed E-state index contributed by atoms with van der Waals surface area (Å²) in [6, 6.07) is 0.330. The van der Waals surface area contributed by atoms with E-state index in [0.29, 0.717) is 6.04 Å². The minimum Gasteiger partial charge on any atom is -0.294 e. The molecule has 0 saturated heterocycles. The average Bonchev–Trinajstić information content (AvgIpc) is 2.95. The lowest BCUT2D eigenvalue weighted by molar-refractivity contribution is 0.273. The Hall–Kier alpha value is -0.390. The molecular formula is C15H23N3S2. The van der Waals surface area contributed by atoms with E-state index in [0.717, 1.165) is 18.9 Å². The first-order chi connectivity index (χ1) is 9.84. The Morgan fingerprint density at radius 1 is 1.30 bits per heavy atom. The van der Waals surface area contributed by atoms with Crippen molar-refractivity contribution in [3.63, 3.8) is 0 Å². The third kappa shape index (κ3) is 3.43. The fraction of sp³-hybridized carbons (Fsp3) is 0.733. The van der Waals surface area contributed by atoms with Gasteiger partial charge in [-0.15, -0.1) is 11.8 Å². The van der Waals surface area contributed by atoms with Crippen molar-refractivity contribution in [1.29, 1.82) is 0 Å². The van der Waals surface area contributed by atoms with Crippen LogP contribution in [0.1, 0.15) is 50.3 Å². The lowest BCUT2D eigenvalue weighted by atomic mass is 9.91. The molecule has 2 heterocycles. The Morgan fingerprint density at radius 3 is 2.95 bits per heavy atom. The maximum atomic E-state index is 4.57. The average molecular weight is 310 g/mol. The molecular weight excluding hydrogens is 286 g/mol. The van der Waals surface area contributed by atoms with Crippen molar-refractivity contribution >= 4 is 23.5 Å². The Labute approximate surface area is 130 Å². The number of likely N-dealkylation sites (N-methyl/N-ethyl adjacent to an activating group) is 1. The van der Waals surface area contributed by atoms with Gasteiger partial charge < -0.3 is 0 Å². The zero-order valence-corrected chi connectivity index (χ0v) is 13.8. The van der Waals surface area contributed by atoms with Crippen LogP contribution in [0.15, 0.2) is 17.2 Å². The fourth-order valence-corrected chi connectivity index (χ4v) is 5.01. The van der Waals surface area contributed by atoms with E-state index in [-0.39, 0.29) is 0 Å². The molecule has 0 aromatic carbocycles. The molecule has 1 aliphatic carbocycles. The smallest absolute Gasteiger partial charge is 0.135 e. The summed E-state index contributed by atoms with van der Waals surface area (Å²) in [5, 5.41) is 1.17. The number of hydrogen-bond donors (Lipinski definition) is 0. The van der Waals surface area contributed by atoms with E-state index >= 15 is 0 Å². The predicted octanol–water partition coefficient (Wildman–Crippen LogP) is 4.14. The monoisotopic (exact) mass is 309 g/mol. The zero-order valence-electron chi connectivity index (χ0n) is 12.1. The number of aromatic nitrogens is 2. The lowest BCUT2D eigenvalue weighted by Crippen LogP contribution is -2.27. The van der Waals surface area contributed by atoms with Crippen LogP contribution in [-0.2, 0) is 0 Å². The Bertz CT molecular complexity index is 452. The zero-order chi connectivity index (χ0) is 13.8. The molecule has 0 bridgehead atoms. The summed E-state index contributed by atoms with van der Waals surface area (Å²) in [7, 11) is 2.18. The van der Waals surface area contributed by atoms with E-state index in [2.05, 4.69) is 32.8 Å². The second-order valence-corrected chi connectivity index (χ2v) is 7.45. The second kappa shape index (κ2) is 7.05. The number of hydrogen-bond acceptors (Lipinski definition) is 5. The quantitative estimate of drug-likeness (QED) is 0.617. The molecule has 3 nitrogen and oxygen atoms in total. The van der Waals surface area contributed by atoms with Gasteiger partial charge >= 0.3 is 0 Å². The largest absolute Gasteiger partial charge is 0.294 e. The normalized spacial score (nSPS) is 25.1. The van der Waals surface area contributed by atoms with Gasteiger partial charge in [0.25, 0.3) is 0 Å². The third-order valence-electron chi connectivity index (χ3n) is 4.38. The van der Waals surface area contributed by atoms with E-state index in [1.165, 1.54) is 60.3 Å². The molecule has 1 aromatic heterocycles. The molecule has 1 saturated carbocycles. The number of rotatable bonds is 4. The molecule has 20 heavy (non-hydrogen) atoms. The van der Waals surface area contributed by atoms with E-state index in [4.69, 9.17) is 0 Å². The molecule has 1 aromatic rings. The summed E-state index contributed by atoms with van der Waals surface area (Å²) in [5.41, 5.74) is 1.18. The summed E-state index contributed by atoms with van der Waals surface area (Å²) >= 11 is 3.30. The molecule has 1 unspecified atom stereocenters. The molecule has 110 valence electrons. The van der Waals surface area contributed by atoms with Gasteiger partial charge in [0.15, 0.2) is 0 Å². The molecule has 0 radical (unpaired) electrons. The minimum atomic E-state index is 0.330. The van der Waals surface area contributed by atoms with Crippen molar-refractivity contribution in [2.24, 2.45) is 5.92 Å². The fourth-order valence-electron chi connectivity index (χ4n) is 3.11. The molecule has 1 aliphatic heterocycles. The van der Waals surface area contributed by atoms with Gasteiger partial charge in [-0.3, -0.25) is 4.90 Å². The van der Waals surface area contributed by atoms with Gasteiger partial charge in [-0.2, -0.15) is 8.75 Å². The standard InChI is InChI=1S/C15H23N3S2/c1-18-10-6-5-9-13(18)14-15(17-20-16-14)19-11-12-7-3-2-4-8-12/h5,9,12-13H,2-4,6-8,10-11H2,1H3. The van der Waals surface area contributed by atoms with Gasteiger partial charge in [-0.1, -0.05) is 31.4 Å². The Balaban J connectivity index is 1.63.